The number of hydrogen-bond donors (Lipinski definition) is 1. The molecule has 5 nitrogen and oxygen atoms in total. The zero-order valence-corrected chi connectivity index (χ0v) is 11.3. The van der Waals surface area contributed by atoms with Crippen LogP contribution in [0.2, 0.25) is 0 Å². The van der Waals surface area contributed by atoms with Crippen molar-refractivity contribution in [3.8, 4) is 0 Å². The van der Waals surface area contributed by atoms with Crippen LogP contribution in [0, 0.1) is 6.92 Å². The summed E-state index contributed by atoms with van der Waals surface area (Å²) in [7, 11) is 1.82. The molecule has 0 bridgehead atoms. The van der Waals surface area contributed by atoms with E-state index in [1.165, 1.54) is 0 Å². The first kappa shape index (κ1) is 13.1. The fourth-order valence-corrected chi connectivity index (χ4v) is 2.45. The summed E-state index contributed by atoms with van der Waals surface area (Å²) in [5, 5.41) is 14.2. The second-order valence-electron chi connectivity index (χ2n) is 5.44. The van der Waals surface area contributed by atoms with Gasteiger partial charge in [-0.25, -0.2) is 0 Å². The Hall–Kier alpha value is -1.36. The first-order valence-corrected chi connectivity index (χ1v) is 6.41. The Bertz CT molecular complexity index is 451. The zero-order chi connectivity index (χ0) is 13.3. The molecule has 1 N–H and O–H groups in total. The second-order valence-corrected chi connectivity index (χ2v) is 5.44. The van der Waals surface area contributed by atoms with Crippen LogP contribution in [0.5, 0.6) is 0 Å². The van der Waals surface area contributed by atoms with E-state index in [-0.39, 0.29) is 5.91 Å². The minimum Gasteiger partial charge on any atom is -0.390 e. The van der Waals surface area contributed by atoms with Gasteiger partial charge in [0.2, 0.25) is 0 Å². The van der Waals surface area contributed by atoms with Crippen molar-refractivity contribution in [2.24, 2.45) is 7.05 Å². The van der Waals surface area contributed by atoms with Gasteiger partial charge in [-0.1, -0.05) is 0 Å². The van der Waals surface area contributed by atoms with Crippen molar-refractivity contribution in [2.75, 3.05) is 13.1 Å². The third-order valence-corrected chi connectivity index (χ3v) is 3.59. The molecule has 1 aromatic heterocycles. The normalized spacial score (nSPS) is 25.0. The maximum atomic E-state index is 12.4. The molecule has 0 radical (unpaired) electrons. The lowest BCUT2D eigenvalue weighted by atomic mass is 9.98. The number of aliphatic hydroxyl groups is 1. The van der Waals surface area contributed by atoms with Crippen LogP contribution in [0.3, 0.4) is 0 Å². The van der Waals surface area contributed by atoms with Gasteiger partial charge in [0, 0.05) is 26.3 Å². The predicted molar refractivity (Wildman–Crippen MR) is 68.3 cm³/mol. The van der Waals surface area contributed by atoms with Crippen LogP contribution < -0.4 is 0 Å². The molecule has 0 aromatic carbocycles. The number of carbonyl (C=O) groups excluding carboxylic acids is 1. The maximum Gasteiger partial charge on any atom is 0.257 e. The molecule has 1 aliphatic rings. The monoisotopic (exact) mass is 251 g/mol. The van der Waals surface area contributed by atoms with E-state index in [9.17, 15) is 9.90 Å². The largest absolute Gasteiger partial charge is 0.390 e. The molecule has 1 saturated heterocycles. The summed E-state index contributed by atoms with van der Waals surface area (Å²) in [6.07, 6.45) is 4.00. The molecule has 1 aliphatic heterocycles. The average molecular weight is 251 g/mol. The molecule has 1 fully saturated rings. The number of aromatic nitrogens is 2. The molecule has 2 rings (SSSR count). The topological polar surface area (TPSA) is 58.4 Å². The van der Waals surface area contributed by atoms with E-state index in [0.29, 0.717) is 25.1 Å². The number of nitrogens with zero attached hydrogens (tertiary/aromatic N) is 3. The van der Waals surface area contributed by atoms with Gasteiger partial charge in [0.1, 0.15) is 0 Å². The van der Waals surface area contributed by atoms with Crippen molar-refractivity contribution in [1.82, 2.24) is 14.7 Å². The van der Waals surface area contributed by atoms with E-state index in [1.54, 1.807) is 10.9 Å². The summed E-state index contributed by atoms with van der Waals surface area (Å²) in [4.78, 5) is 14.2. The van der Waals surface area contributed by atoms with E-state index in [4.69, 9.17) is 0 Å². The van der Waals surface area contributed by atoms with Crippen LogP contribution in [-0.2, 0) is 7.05 Å². The van der Waals surface area contributed by atoms with Crippen molar-refractivity contribution in [3.63, 3.8) is 0 Å². The lowest BCUT2D eigenvalue weighted by Gasteiger charge is -2.22. The average Bonchev–Trinajstić information content (AvgIpc) is 2.50. The maximum absolute atomic E-state index is 12.4. The van der Waals surface area contributed by atoms with Crippen molar-refractivity contribution >= 4 is 5.91 Å². The molecular formula is C13H21N3O2. The Morgan fingerprint density at radius 3 is 2.78 bits per heavy atom. The van der Waals surface area contributed by atoms with Gasteiger partial charge in [-0.3, -0.25) is 9.48 Å². The first-order valence-electron chi connectivity index (χ1n) is 6.41. The third kappa shape index (κ3) is 2.72. The number of aryl methyl sites for hydroxylation is 2. The van der Waals surface area contributed by atoms with Crippen LogP contribution >= 0.6 is 0 Å². The summed E-state index contributed by atoms with van der Waals surface area (Å²) in [6.45, 7) is 5.01. The van der Waals surface area contributed by atoms with Gasteiger partial charge in [-0.05, 0) is 33.1 Å². The summed E-state index contributed by atoms with van der Waals surface area (Å²) in [5.41, 5.74) is 0.788. The van der Waals surface area contributed by atoms with Crippen LogP contribution in [0.15, 0.2) is 6.20 Å². The number of carbonyl (C=O) groups is 1. The molecule has 5 heteroatoms. The Morgan fingerprint density at radius 1 is 1.44 bits per heavy atom. The second kappa shape index (κ2) is 4.72. The highest BCUT2D eigenvalue weighted by Gasteiger charge is 2.28. The van der Waals surface area contributed by atoms with E-state index in [0.717, 1.165) is 18.5 Å². The van der Waals surface area contributed by atoms with Gasteiger partial charge in [-0.15, -0.1) is 0 Å². The summed E-state index contributed by atoms with van der Waals surface area (Å²) < 4.78 is 1.66. The van der Waals surface area contributed by atoms with E-state index >= 15 is 0 Å². The van der Waals surface area contributed by atoms with Gasteiger partial charge >= 0.3 is 0 Å². The Balaban J connectivity index is 2.12. The quantitative estimate of drug-likeness (QED) is 0.813. The summed E-state index contributed by atoms with van der Waals surface area (Å²) in [6, 6.07) is 0. The van der Waals surface area contributed by atoms with Crippen molar-refractivity contribution in [1.29, 1.82) is 0 Å². The Labute approximate surface area is 107 Å². The highest BCUT2D eigenvalue weighted by atomic mass is 16.3. The Kier molecular flexibility index (Phi) is 3.43. The molecule has 2 heterocycles. The van der Waals surface area contributed by atoms with Gasteiger partial charge in [0.15, 0.2) is 0 Å². The van der Waals surface area contributed by atoms with Crippen LogP contribution in [-0.4, -0.2) is 44.4 Å². The number of hydrogen-bond acceptors (Lipinski definition) is 3. The van der Waals surface area contributed by atoms with Crippen molar-refractivity contribution in [3.05, 3.63) is 17.5 Å². The first-order chi connectivity index (χ1) is 8.39. The molecule has 0 aliphatic carbocycles. The molecule has 0 spiro atoms. The van der Waals surface area contributed by atoms with Gasteiger partial charge < -0.3 is 10.0 Å². The molecule has 1 atom stereocenters. The van der Waals surface area contributed by atoms with E-state index in [1.807, 2.05) is 25.8 Å². The highest BCUT2D eigenvalue weighted by molar-refractivity contribution is 5.95. The smallest absolute Gasteiger partial charge is 0.257 e. The van der Waals surface area contributed by atoms with Crippen molar-refractivity contribution in [2.45, 2.75) is 38.7 Å². The number of rotatable bonds is 1. The molecule has 1 amide bonds. The lowest BCUT2D eigenvalue weighted by molar-refractivity contribution is 0.0438. The standard InChI is InChI=1S/C13H21N3O2/c1-10-11(9-15(3)14-10)12(17)16-7-4-5-13(2,18)6-8-16/h9,18H,4-8H2,1-3H3. The fourth-order valence-electron chi connectivity index (χ4n) is 2.45. The highest BCUT2D eigenvalue weighted by Crippen LogP contribution is 2.22. The molecule has 1 aromatic rings. The fraction of sp³-hybridized carbons (Fsp3) is 0.692. The lowest BCUT2D eigenvalue weighted by Crippen LogP contribution is -2.33. The molecular weight excluding hydrogens is 230 g/mol. The molecule has 0 saturated carbocycles. The van der Waals surface area contributed by atoms with Gasteiger partial charge in [0.05, 0.1) is 16.9 Å². The number of likely N-dealkylation sites (tertiary alicyclic amines) is 1. The number of amides is 1. The van der Waals surface area contributed by atoms with Crippen LogP contribution in [0.4, 0.5) is 0 Å². The van der Waals surface area contributed by atoms with Crippen molar-refractivity contribution < 1.29 is 9.90 Å². The minimum atomic E-state index is -0.640. The molecule has 1 unspecified atom stereocenters. The predicted octanol–water partition coefficient (Wildman–Crippen LogP) is 1.11. The van der Waals surface area contributed by atoms with Gasteiger partial charge in [-0.2, -0.15) is 5.10 Å². The van der Waals surface area contributed by atoms with Crippen LogP contribution in [0.1, 0.15) is 42.2 Å². The SMILES string of the molecule is Cc1nn(C)cc1C(=O)N1CCCC(C)(O)CC1. The van der Waals surface area contributed by atoms with Gasteiger partial charge in [0.25, 0.3) is 5.91 Å². The van der Waals surface area contributed by atoms with E-state index in [2.05, 4.69) is 5.10 Å². The molecule has 100 valence electrons. The molecule has 18 heavy (non-hydrogen) atoms. The summed E-state index contributed by atoms with van der Waals surface area (Å²) in [5.74, 6) is 0.0262. The third-order valence-electron chi connectivity index (χ3n) is 3.59. The minimum absolute atomic E-state index is 0.0262. The van der Waals surface area contributed by atoms with Crippen LogP contribution in [0.25, 0.3) is 0 Å². The van der Waals surface area contributed by atoms with E-state index < -0.39 is 5.60 Å². The Morgan fingerprint density at radius 2 is 2.17 bits per heavy atom. The summed E-state index contributed by atoms with van der Waals surface area (Å²) >= 11 is 0. The zero-order valence-electron chi connectivity index (χ0n) is 11.3.